The molecule has 0 spiro atoms. The van der Waals surface area contributed by atoms with Crippen LogP contribution >= 0.6 is 7.82 Å². The third-order valence-electron chi connectivity index (χ3n) is 10.8. The quantitative estimate of drug-likeness (QED) is 0.0424. The molecule has 1 aliphatic heterocycles. The molecule has 0 bridgehead atoms. The maximum absolute atomic E-state index is 13.8. The fraction of sp³-hybridized carbons (Fsp3) is 0.675. The predicted molar refractivity (Wildman–Crippen MR) is 206 cm³/mol. The first-order valence-corrected chi connectivity index (χ1v) is 21.8. The molecule has 5 N–H and O–H groups in total. The topological polar surface area (TPSA) is 204 Å². The van der Waals surface area contributed by atoms with E-state index >= 15 is 0 Å². The lowest BCUT2D eigenvalue weighted by molar-refractivity contribution is -0.107. The Kier molecular flexibility index (Phi) is 16.8. The van der Waals surface area contributed by atoms with Gasteiger partial charge in [0.2, 0.25) is 5.60 Å². The van der Waals surface area contributed by atoms with E-state index in [1.165, 1.54) is 93.7 Å². The average molecular weight is 822 g/mol. The first-order chi connectivity index (χ1) is 27.4. The van der Waals surface area contributed by atoms with E-state index in [2.05, 4.69) is 17.0 Å². The van der Waals surface area contributed by atoms with Crippen molar-refractivity contribution in [2.45, 2.75) is 152 Å². The maximum atomic E-state index is 13.8. The van der Waals surface area contributed by atoms with Crippen molar-refractivity contribution in [2.75, 3.05) is 25.6 Å². The summed E-state index contributed by atoms with van der Waals surface area (Å²) in [7, 11) is -4.94. The number of hydrogen-bond donors (Lipinski definition) is 4. The monoisotopic (exact) mass is 821 g/mol. The van der Waals surface area contributed by atoms with Crippen LogP contribution in [0.4, 0.5) is 14.6 Å². The van der Waals surface area contributed by atoms with Crippen LogP contribution in [0, 0.1) is 23.0 Å². The molecule has 1 saturated heterocycles. The van der Waals surface area contributed by atoms with Gasteiger partial charge in [0, 0.05) is 12.7 Å². The highest BCUT2D eigenvalue weighted by atomic mass is 31.2. The number of phosphoric acid groups is 1. The molecule has 57 heavy (non-hydrogen) atoms. The lowest BCUT2D eigenvalue weighted by atomic mass is 9.90. The van der Waals surface area contributed by atoms with Crippen LogP contribution in [0.1, 0.15) is 121 Å². The molecule has 14 nitrogen and oxygen atoms in total. The fourth-order valence-corrected chi connectivity index (χ4v) is 8.46. The molecular weight excluding hydrogens is 763 g/mol. The standard InChI is InChI=1S/C40H58F2N5O9P/c1-2-3-4-5-6-7-8-9-10-11-12-13-14-15-16-17-20-52-25-32(53-24-29-21-30(41)23-31(42)22-29)26-54-57(50,51)56-36-35-40(36,49)38(48)39(27-43,55-35)34-19-18-33-37(44)45-28-46-47(33)34/h18-19,21-23,28,32,35-36,38,48-49H,2-17,20,24-26H2,1H3,(H,50,51)(H2,44,45,46)/t32-,35-,36?,38+,39+,40+/m1/s1. The van der Waals surface area contributed by atoms with E-state index in [0.717, 1.165) is 50.2 Å². The lowest BCUT2D eigenvalue weighted by Crippen LogP contribution is -2.47. The minimum Gasteiger partial charge on any atom is -0.385 e. The van der Waals surface area contributed by atoms with Crippen LogP contribution in [0.15, 0.2) is 36.7 Å². The summed E-state index contributed by atoms with van der Waals surface area (Å²) in [5.74, 6) is -1.46. The number of anilines is 1. The van der Waals surface area contributed by atoms with Crippen molar-refractivity contribution in [3.8, 4) is 6.07 Å². The van der Waals surface area contributed by atoms with Gasteiger partial charge in [-0.15, -0.1) is 0 Å². The molecule has 2 unspecified atom stereocenters. The number of aliphatic hydroxyl groups is 2. The predicted octanol–water partition coefficient (Wildman–Crippen LogP) is 7.18. The first-order valence-electron chi connectivity index (χ1n) is 20.3. The molecule has 2 aliphatic rings. The second-order valence-corrected chi connectivity index (χ2v) is 16.6. The summed E-state index contributed by atoms with van der Waals surface area (Å²) in [4.78, 5) is 14.5. The van der Waals surface area contributed by atoms with Gasteiger partial charge in [0.25, 0.3) is 0 Å². The van der Waals surface area contributed by atoms with Crippen LogP contribution in [0.5, 0.6) is 0 Å². The van der Waals surface area contributed by atoms with E-state index < -0.39 is 61.7 Å². The van der Waals surface area contributed by atoms with Crippen molar-refractivity contribution in [1.82, 2.24) is 14.6 Å². The zero-order valence-corrected chi connectivity index (χ0v) is 33.7. The number of fused-ring (bicyclic) bond motifs is 2. The van der Waals surface area contributed by atoms with Gasteiger partial charge in [0.05, 0.1) is 25.5 Å². The number of hydrogen-bond acceptors (Lipinski definition) is 12. The Hall–Kier alpha value is -3.10. The largest absolute Gasteiger partial charge is 0.472 e. The summed E-state index contributed by atoms with van der Waals surface area (Å²) in [6.45, 7) is 1.83. The normalized spacial score (nSPS) is 24.3. The number of aromatic nitrogens is 3. The number of halogens is 2. The van der Waals surface area contributed by atoms with Gasteiger partial charge in [-0.25, -0.2) is 22.8 Å². The van der Waals surface area contributed by atoms with E-state index in [0.29, 0.717) is 12.1 Å². The van der Waals surface area contributed by atoms with Crippen LogP contribution < -0.4 is 5.73 Å². The molecule has 2 aromatic heterocycles. The minimum absolute atomic E-state index is 0.0572. The number of nitrogens with zero attached hydrogens (tertiary/aromatic N) is 4. The Morgan fingerprint density at radius 3 is 2.12 bits per heavy atom. The van der Waals surface area contributed by atoms with Crippen molar-refractivity contribution >= 4 is 19.2 Å². The highest BCUT2D eigenvalue weighted by Crippen LogP contribution is 2.63. The molecule has 1 saturated carbocycles. The Labute approximate surface area is 333 Å². The van der Waals surface area contributed by atoms with Crippen LogP contribution in [0.3, 0.4) is 0 Å². The van der Waals surface area contributed by atoms with Crippen molar-refractivity contribution < 1.29 is 51.7 Å². The van der Waals surface area contributed by atoms with Crippen molar-refractivity contribution in [2.24, 2.45) is 0 Å². The number of nitriles is 1. The van der Waals surface area contributed by atoms with Crippen molar-refractivity contribution in [3.63, 3.8) is 0 Å². The SMILES string of the molecule is CCCCCCCCCCCCCCCCCCOC[C@H](COP(=O)(O)OC1[C@H]2O[C@@](C#N)(c3ccc4c(N)ncnn34)[C@H](O)[C@@]12O)OCc1cc(F)cc(F)c1. The third kappa shape index (κ3) is 11.8. The van der Waals surface area contributed by atoms with E-state index in [-0.39, 0.29) is 30.3 Å². The van der Waals surface area contributed by atoms with Crippen LogP contribution in [-0.4, -0.2) is 79.5 Å². The molecule has 3 aromatic rings. The van der Waals surface area contributed by atoms with Gasteiger partial charge >= 0.3 is 7.82 Å². The molecule has 2 fully saturated rings. The molecule has 0 amide bonds. The highest BCUT2D eigenvalue weighted by Gasteiger charge is 2.83. The second-order valence-electron chi connectivity index (χ2n) is 15.2. The van der Waals surface area contributed by atoms with Gasteiger partial charge in [0.15, 0.2) is 11.4 Å². The van der Waals surface area contributed by atoms with E-state index in [1.807, 2.05) is 6.07 Å². The Bertz CT molecular complexity index is 1800. The van der Waals surface area contributed by atoms with Gasteiger partial charge in [-0.05, 0) is 36.2 Å². The number of ether oxygens (including phenoxy) is 3. The second kappa shape index (κ2) is 21.2. The van der Waals surface area contributed by atoms with E-state index in [1.54, 1.807) is 0 Å². The number of rotatable bonds is 28. The maximum Gasteiger partial charge on any atom is 0.472 e. The van der Waals surface area contributed by atoms with Gasteiger partial charge in [0.1, 0.15) is 54.0 Å². The molecule has 7 atom stereocenters. The number of nitrogens with two attached hydrogens (primary N) is 1. The van der Waals surface area contributed by atoms with Crippen LogP contribution in [-0.2, 0) is 40.0 Å². The molecule has 1 aliphatic carbocycles. The Morgan fingerprint density at radius 2 is 1.56 bits per heavy atom. The van der Waals surface area contributed by atoms with E-state index in [9.17, 15) is 33.7 Å². The Balaban J connectivity index is 1.03. The van der Waals surface area contributed by atoms with Crippen LogP contribution in [0.2, 0.25) is 0 Å². The first kappa shape index (κ1) is 45.0. The van der Waals surface area contributed by atoms with E-state index in [4.69, 9.17) is 29.0 Å². The fourth-order valence-electron chi connectivity index (χ4n) is 7.48. The molecule has 316 valence electrons. The number of benzene rings is 1. The minimum atomic E-state index is -4.94. The number of phosphoric ester groups is 1. The molecular formula is C40H58F2N5O9P. The molecule has 1 aromatic carbocycles. The highest BCUT2D eigenvalue weighted by molar-refractivity contribution is 7.47. The summed E-state index contributed by atoms with van der Waals surface area (Å²) >= 11 is 0. The molecule has 0 radical (unpaired) electrons. The van der Waals surface area contributed by atoms with Gasteiger partial charge in [-0.3, -0.25) is 9.05 Å². The summed E-state index contributed by atoms with van der Waals surface area (Å²) in [6, 6.07) is 7.80. The smallest absolute Gasteiger partial charge is 0.385 e. The summed E-state index contributed by atoms with van der Waals surface area (Å²) < 4.78 is 69.8. The molecule has 5 rings (SSSR count). The third-order valence-corrected chi connectivity index (χ3v) is 11.7. The molecule has 3 heterocycles. The molecule has 17 heteroatoms. The zero-order chi connectivity index (χ0) is 40.9. The summed E-state index contributed by atoms with van der Waals surface area (Å²) in [6.07, 6.45) is 15.3. The van der Waals surface area contributed by atoms with Crippen LogP contribution in [0.25, 0.3) is 5.52 Å². The summed E-state index contributed by atoms with van der Waals surface area (Å²) in [5.41, 5.74) is 2.12. The number of unbranched alkanes of at least 4 members (excludes halogenated alkanes) is 15. The summed E-state index contributed by atoms with van der Waals surface area (Å²) in [5, 5.41) is 36.7. The number of aliphatic hydroxyl groups excluding tert-OH is 1. The number of nitrogen functional groups attached to an aromatic ring is 1. The van der Waals surface area contributed by atoms with Gasteiger partial charge < -0.3 is 35.1 Å². The Morgan fingerprint density at radius 1 is 0.965 bits per heavy atom. The van der Waals surface area contributed by atoms with Crippen molar-refractivity contribution in [1.29, 1.82) is 5.26 Å². The van der Waals surface area contributed by atoms with Gasteiger partial charge in [-0.1, -0.05) is 103 Å². The van der Waals surface area contributed by atoms with Crippen molar-refractivity contribution in [3.05, 3.63) is 59.6 Å². The average Bonchev–Trinajstić information content (AvgIpc) is 3.42. The van der Waals surface area contributed by atoms with Gasteiger partial charge in [-0.2, -0.15) is 10.4 Å². The zero-order valence-electron chi connectivity index (χ0n) is 32.8. The lowest BCUT2D eigenvalue weighted by Gasteiger charge is -2.29.